The lowest BCUT2D eigenvalue weighted by atomic mass is 9.81. The van der Waals surface area contributed by atoms with Crippen LogP contribution in [0.5, 0.6) is 0 Å². The summed E-state index contributed by atoms with van der Waals surface area (Å²) in [5, 5.41) is 0. The van der Waals surface area contributed by atoms with Crippen molar-refractivity contribution in [2.24, 2.45) is 11.8 Å². The van der Waals surface area contributed by atoms with E-state index in [0.717, 1.165) is 6.92 Å². The van der Waals surface area contributed by atoms with E-state index < -0.39 is 23.4 Å². The van der Waals surface area contributed by atoms with Crippen LogP contribution < -0.4 is 0 Å². The smallest absolute Gasteiger partial charge is 0.237 e. The molecule has 0 aromatic carbocycles. The molecular formula is C10H19F3. The maximum atomic E-state index is 13.7. The van der Waals surface area contributed by atoms with Gasteiger partial charge in [0.2, 0.25) is 0 Å². The molecule has 0 saturated carbocycles. The molecule has 0 saturated heterocycles. The molecule has 0 radical (unpaired) electrons. The van der Waals surface area contributed by atoms with Crippen LogP contribution in [0.25, 0.3) is 0 Å². The maximum absolute atomic E-state index is 13.7. The Morgan fingerprint density at radius 3 is 1.69 bits per heavy atom. The van der Waals surface area contributed by atoms with Crippen molar-refractivity contribution in [1.82, 2.24) is 0 Å². The van der Waals surface area contributed by atoms with E-state index in [0.29, 0.717) is 6.42 Å². The first-order chi connectivity index (χ1) is 5.67. The van der Waals surface area contributed by atoms with E-state index in [-0.39, 0.29) is 0 Å². The summed E-state index contributed by atoms with van der Waals surface area (Å²) in [6.07, 6.45) is 0.291. The Labute approximate surface area is 78.5 Å². The van der Waals surface area contributed by atoms with E-state index in [1.807, 2.05) is 0 Å². The van der Waals surface area contributed by atoms with Crippen LogP contribution in [-0.2, 0) is 0 Å². The molecule has 0 fully saturated rings. The minimum absolute atomic E-state index is 0.291. The Morgan fingerprint density at radius 1 is 1.08 bits per heavy atom. The zero-order valence-electron chi connectivity index (χ0n) is 9.00. The van der Waals surface area contributed by atoms with Gasteiger partial charge in [-0.1, -0.05) is 27.7 Å². The number of hydrogen-bond acceptors (Lipinski definition) is 0. The van der Waals surface area contributed by atoms with E-state index in [1.165, 1.54) is 20.8 Å². The van der Waals surface area contributed by atoms with Gasteiger partial charge in [0, 0.05) is 5.92 Å². The van der Waals surface area contributed by atoms with Crippen molar-refractivity contribution < 1.29 is 13.2 Å². The summed E-state index contributed by atoms with van der Waals surface area (Å²) < 4.78 is 40.6. The molecule has 13 heavy (non-hydrogen) atoms. The van der Waals surface area contributed by atoms with Gasteiger partial charge in [0.25, 0.3) is 5.92 Å². The van der Waals surface area contributed by atoms with Crippen LogP contribution in [0.3, 0.4) is 0 Å². The van der Waals surface area contributed by atoms with Gasteiger partial charge in [-0.3, -0.25) is 0 Å². The lowest BCUT2D eigenvalue weighted by Gasteiger charge is -2.37. The normalized spacial score (nSPS) is 20.1. The quantitative estimate of drug-likeness (QED) is 0.636. The van der Waals surface area contributed by atoms with Gasteiger partial charge in [-0.25, -0.2) is 13.2 Å². The van der Waals surface area contributed by atoms with Gasteiger partial charge in [-0.15, -0.1) is 0 Å². The summed E-state index contributed by atoms with van der Waals surface area (Å²) in [6.45, 7) is 6.99. The third-order valence-electron chi connectivity index (χ3n) is 2.97. The Bertz CT molecular complexity index is 162. The summed E-state index contributed by atoms with van der Waals surface area (Å²) >= 11 is 0. The molecule has 0 nitrogen and oxygen atoms in total. The second kappa shape index (κ2) is 3.89. The SMILES string of the molecule is CCC(C)C(F)(F)C(C)(F)C(C)C. The zero-order chi connectivity index (χ0) is 10.9. The fraction of sp³-hybridized carbons (Fsp3) is 1.00. The molecule has 0 N–H and O–H groups in total. The predicted molar refractivity (Wildman–Crippen MR) is 48.8 cm³/mol. The molecule has 2 atom stereocenters. The number of hydrogen-bond donors (Lipinski definition) is 0. The fourth-order valence-electron chi connectivity index (χ4n) is 1.12. The van der Waals surface area contributed by atoms with Gasteiger partial charge < -0.3 is 0 Å². The van der Waals surface area contributed by atoms with Crippen LogP contribution in [0.15, 0.2) is 0 Å². The fourth-order valence-corrected chi connectivity index (χ4v) is 1.12. The molecule has 80 valence electrons. The molecule has 0 amide bonds. The van der Waals surface area contributed by atoms with E-state index >= 15 is 0 Å². The molecule has 0 heterocycles. The van der Waals surface area contributed by atoms with Crippen molar-refractivity contribution in [1.29, 1.82) is 0 Å². The highest BCUT2D eigenvalue weighted by Crippen LogP contribution is 2.44. The highest BCUT2D eigenvalue weighted by atomic mass is 19.3. The molecular weight excluding hydrogens is 177 g/mol. The minimum atomic E-state index is -3.24. The Morgan fingerprint density at radius 2 is 1.46 bits per heavy atom. The monoisotopic (exact) mass is 196 g/mol. The maximum Gasteiger partial charge on any atom is 0.283 e. The first kappa shape index (κ1) is 12.8. The van der Waals surface area contributed by atoms with Crippen LogP contribution in [0.2, 0.25) is 0 Å². The number of halogens is 3. The summed E-state index contributed by atoms with van der Waals surface area (Å²) in [4.78, 5) is 0. The molecule has 2 unspecified atom stereocenters. The van der Waals surface area contributed by atoms with Crippen molar-refractivity contribution in [3.05, 3.63) is 0 Å². The van der Waals surface area contributed by atoms with Crippen molar-refractivity contribution >= 4 is 0 Å². The van der Waals surface area contributed by atoms with Gasteiger partial charge in [0.15, 0.2) is 5.67 Å². The second-order valence-corrected chi connectivity index (χ2v) is 4.16. The van der Waals surface area contributed by atoms with Gasteiger partial charge in [-0.05, 0) is 19.3 Å². The summed E-state index contributed by atoms with van der Waals surface area (Å²) in [7, 11) is 0. The molecule has 0 aromatic heterocycles. The third-order valence-corrected chi connectivity index (χ3v) is 2.97. The van der Waals surface area contributed by atoms with E-state index in [1.54, 1.807) is 6.92 Å². The number of rotatable bonds is 4. The van der Waals surface area contributed by atoms with Gasteiger partial charge in [0.05, 0.1) is 0 Å². The summed E-state index contributed by atoms with van der Waals surface area (Å²) in [5.74, 6) is -4.82. The van der Waals surface area contributed by atoms with Gasteiger partial charge in [0.1, 0.15) is 0 Å². The van der Waals surface area contributed by atoms with Crippen LogP contribution in [0, 0.1) is 11.8 Å². The van der Waals surface area contributed by atoms with Crippen LogP contribution in [0.4, 0.5) is 13.2 Å². The third kappa shape index (κ3) is 2.18. The highest BCUT2D eigenvalue weighted by Gasteiger charge is 2.55. The number of alkyl halides is 3. The standard InChI is InChI=1S/C10H19F3/c1-6-8(4)10(12,13)9(5,11)7(2)3/h7-8H,6H2,1-5H3. The molecule has 0 aliphatic rings. The van der Waals surface area contributed by atoms with Crippen molar-refractivity contribution in [2.75, 3.05) is 0 Å². The average molecular weight is 196 g/mol. The topological polar surface area (TPSA) is 0 Å². The first-order valence-electron chi connectivity index (χ1n) is 4.74. The average Bonchev–Trinajstić information content (AvgIpc) is 2.02. The lowest BCUT2D eigenvalue weighted by Crippen LogP contribution is -2.49. The molecule has 0 aromatic rings. The lowest BCUT2D eigenvalue weighted by molar-refractivity contribution is -0.181. The van der Waals surface area contributed by atoms with E-state index in [2.05, 4.69) is 0 Å². The summed E-state index contributed by atoms with van der Waals surface area (Å²) in [6, 6.07) is 0. The van der Waals surface area contributed by atoms with E-state index in [4.69, 9.17) is 0 Å². The second-order valence-electron chi connectivity index (χ2n) is 4.16. The van der Waals surface area contributed by atoms with Crippen molar-refractivity contribution in [3.8, 4) is 0 Å². The van der Waals surface area contributed by atoms with Gasteiger partial charge in [-0.2, -0.15) is 0 Å². The van der Waals surface area contributed by atoms with Crippen LogP contribution in [-0.4, -0.2) is 11.6 Å². The molecule has 0 bridgehead atoms. The Hall–Kier alpha value is -0.210. The summed E-state index contributed by atoms with van der Waals surface area (Å²) in [5.41, 5.74) is -2.41. The van der Waals surface area contributed by atoms with Crippen LogP contribution in [0.1, 0.15) is 41.0 Å². The molecule has 3 heteroatoms. The first-order valence-corrected chi connectivity index (χ1v) is 4.74. The molecule has 0 rings (SSSR count). The van der Waals surface area contributed by atoms with E-state index in [9.17, 15) is 13.2 Å². The Balaban J connectivity index is 4.80. The largest absolute Gasteiger partial charge is 0.283 e. The zero-order valence-corrected chi connectivity index (χ0v) is 9.00. The van der Waals surface area contributed by atoms with Crippen LogP contribution >= 0.6 is 0 Å². The van der Waals surface area contributed by atoms with Crippen molar-refractivity contribution in [3.63, 3.8) is 0 Å². The minimum Gasteiger partial charge on any atom is -0.237 e. The predicted octanol–water partition coefficient (Wildman–Crippen LogP) is 4.05. The highest BCUT2D eigenvalue weighted by molar-refractivity contribution is 4.94. The molecule has 0 spiro atoms. The van der Waals surface area contributed by atoms with Gasteiger partial charge >= 0.3 is 0 Å². The van der Waals surface area contributed by atoms with Crippen molar-refractivity contribution in [2.45, 2.75) is 52.6 Å². The Kier molecular flexibility index (Phi) is 3.82. The molecule has 0 aliphatic heterocycles. The molecule has 0 aliphatic carbocycles.